The van der Waals surface area contributed by atoms with Gasteiger partial charge in [0.05, 0.1) is 11.7 Å². The van der Waals surface area contributed by atoms with Crippen LogP contribution in [-0.4, -0.2) is 30.3 Å². The lowest BCUT2D eigenvalue weighted by atomic mass is 10.2. The highest BCUT2D eigenvalue weighted by molar-refractivity contribution is 5.96. The number of hydrogen-bond donors (Lipinski definition) is 2. The van der Waals surface area contributed by atoms with E-state index in [1.54, 1.807) is 37.3 Å². The molecule has 0 heterocycles. The smallest absolute Gasteiger partial charge is 0.255 e. The first-order valence-electron chi connectivity index (χ1n) is 5.44. The molecule has 4 nitrogen and oxygen atoms in total. The van der Waals surface area contributed by atoms with E-state index in [1.807, 2.05) is 0 Å². The first kappa shape index (κ1) is 13.3. The molecule has 2 N–H and O–H groups in total. The topological polar surface area (TPSA) is 58.6 Å². The average Bonchev–Trinajstić information content (AvgIpc) is 2.33. The van der Waals surface area contributed by atoms with Crippen LogP contribution in [0.5, 0.6) is 5.75 Å². The van der Waals surface area contributed by atoms with Gasteiger partial charge in [-0.25, -0.2) is 0 Å². The van der Waals surface area contributed by atoms with Crippen molar-refractivity contribution in [2.24, 2.45) is 0 Å². The number of carbonyl (C=O) groups excluding carboxylic acids is 1. The van der Waals surface area contributed by atoms with E-state index in [1.165, 1.54) is 0 Å². The van der Waals surface area contributed by atoms with E-state index < -0.39 is 6.10 Å². The van der Waals surface area contributed by atoms with Crippen LogP contribution in [-0.2, 0) is 0 Å². The number of rotatable bonds is 6. The molecule has 0 spiro atoms. The molecule has 17 heavy (non-hydrogen) atoms. The van der Waals surface area contributed by atoms with Gasteiger partial charge in [-0.2, -0.15) is 0 Å². The summed E-state index contributed by atoms with van der Waals surface area (Å²) in [5.74, 6) is 0.251. The number of nitrogens with one attached hydrogen (secondary N) is 1. The van der Waals surface area contributed by atoms with Crippen molar-refractivity contribution in [3.63, 3.8) is 0 Å². The van der Waals surface area contributed by atoms with Gasteiger partial charge >= 0.3 is 0 Å². The van der Waals surface area contributed by atoms with Crippen LogP contribution in [0.25, 0.3) is 0 Å². The first-order valence-corrected chi connectivity index (χ1v) is 5.44. The fourth-order valence-corrected chi connectivity index (χ4v) is 1.26. The van der Waals surface area contributed by atoms with Gasteiger partial charge in [-0.05, 0) is 19.1 Å². The van der Waals surface area contributed by atoms with Gasteiger partial charge < -0.3 is 15.2 Å². The van der Waals surface area contributed by atoms with E-state index in [2.05, 4.69) is 11.9 Å². The lowest BCUT2D eigenvalue weighted by Gasteiger charge is -2.11. The van der Waals surface area contributed by atoms with Gasteiger partial charge in [0.2, 0.25) is 0 Å². The third-order valence-electron chi connectivity index (χ3n) is 2.05. The minimum atomic E-state index is -0.569. The van der Waals surface area contributed by atoms with Crippen LogP contribution in [0.4, 0.5) is 0 Å². The standard InChI is InChI=1S/C13H17NO3/c1-3-8-17-12-7-5-4-6-11(12)13(16)14-9-10(2)15/h3-7,10,15H,1,8-9H2,2H3,(H,14,16)/t10-/m0/s1. The summed E-state index contributed by atoms with van der Waals surface area (Å²) >= 11 is 0. The molecule has 1 aromatic carbocycles. The summed E-state index contributed by atoms with van der Waals surface area (Å²) in [4.78, 5) is 11.8. The number of benzene rings is 1. The third-order valence-corrected chi connectivity index (χ3v) is 2.05. The van der Waals surface area contributed by atoms with E-state index in [9.17, 15) is 4.79 Å². The molecule has 0 bridgehead atoms. The molecule has 0 aliphatic heterocycles. The average molecular weight is 235 g/mol. The molecule has 0 aliphatic rings. The zero-order chi connectivity index (χ0) is 12.7. The van der Waals surface area contributed by atoms with Gasteiger partial charge in [-0.3, -0.25) is 4.79 Å². The summed E-state index contributed by atoms with van der Waals surface area (Å²) in [5, 5.41) is 11.7. The molecule has 1 atom stereocenters. The van der Waals surface area contributed by atoms with E-state index in [-0.39, 0.29) is 12.5 Å². The van der Waals surface area contributed by atoms with Crippen molar-refractivity contribution >= 4 is 5.91 Å². The lowest BCUT2D eigenvalue weighted by Crippen LogP contribution is -2.30. The van der Waals surface area contributed by atoms with Crippen LogP contribution in [0, 0.1) is 0 Å². The van der Waals surface area contributed by atoms with Crippen molar-refractivity contribution in [3.05, 3.63) is 42.5 Å². The van der Waals surface area contributed by atoms with E-state index in [0.717, 1.165) is 0 Å². The second kappa shape index (κ2) is 6.70. The molecular weight excluding hydrogens is 218 g/mol. The van der Waals surface area contributed by atoms with Gasteiger partial charge in [-0.15, -0.1) is 0 Å². The maximum absolute atomic E-state index is 11.8. The molecular formula is C13H17NO3. The Hall–Kier alpha value is -1.81. The summed E-state index contributed by atoms with van der Waals surface area (Å²) in [6, 6.07) is 6.96. The van der Waals surface area contributed by atoms with Crippen LogP contribution in [0.3, 0.4) is 0 Å². The van der Waals surface area contributed by atoms with Gasteiger partial charge in [-0.1, -0.05) is 24.8 Å². The van der Waals surface area contributed by atoms with Crippen LogP contribution in [0.15, 0.2) is 36.9 Å². The van der Waals surface area contributed by atoms with Crippen LogP contribution >= 0.6 is 0 Å². The molecule has 1 amide bonds. The van der Waals surface area contributed by atoms with Gasteiger partial charge in [0.1, 0.15) is 12.4 Å². The fourth-order valence-electron chi connectivity index (χ4n) is 1.26. The van der Waals surface area contributed by atoms with E-state index >= 15 is 0 Å². The van der Waals surface area contributed by atoms with Crippen molar-refractivity contribution in [3.8, 4) is 5.75 Å². The van der Waals surface area contributed by atoms with Crippen molar-refractivity contribution < 1.29 is 14.6 Å². The van der Waals surface area contributed by atoms with Crippen molar-refractivity contribution in [1.29, 1.82) is 0 Å². The van der Waals surface area contributed by atoms with Crippen molar-refractivity contribution in [1.82, 2.24) is 5.32 Å². The molecule has 92 valence electrons. The van der Waals surface area contributed by atoms with Gasteiger partial charge in [0.25, 0.3) is 5.91 Å². The quantitative estimate of drug-likeness (QED) is 0.732. The Morgan fingerprint density at radius 2 is 2.29 bits per heavy atom. The predicted molar refractivity (Wildman–Crippen MR) is 66.1 cm³/mol. The molecule has 0 aromatic heterocycles. The molecule has 1 rings (SSSR count). The highest BCUT2D eigenvalue weighted by Crippen LogP contribution is 2.17. The molecule has 0 saturated carbocycles. The Labute approximate surface area is 101 Å². The van der Waals surface area contributed by atoms with Gasteiger partial charge in [0.15, 0.2) is 0 Å². The normalized spacial score (nSPS) is 11.6. The maximum atomic E-state index is 11.8. The number of para-hydroxylation sites is 1. The van der Waals surface area contributed by atoms with Crippen molar-refractivity contribution in [2.45, 2.75) is 13.0 Å². The number of aliphatic hydroxyl groups excluding tert-OH is 1. The molecule has 4 heteroatoms. The summed E-state index contributed by atoms with van der Waals surface area (Å²) in [6.07, 6.45) is 1.05. The highest BCUT2D eigenvalue weighted by Gasteiger charge is 2.11. The van der Waals surface area contributed by atoms with Crippen molar-refractivity contribution in [2.75, 3.05) is 13.2 Å². The molecule has 0 saturated heterocycles. The minimum Gasteiger partial charge on any atom is -0.489 e. The minimum absolute atomic E-state index is 0.217. The van der Waals surface area contributed by atoms with Crippen LogP contribution in [0.1, 0.15) is 17.3 Å². The molecule has 1 aromatic rings. The Morgan fingerprint density at radius 3 is 2.94 bits per heavy atom. The predicted octanol–water partition coefficient (Wildman–Crippen LogP) is 1.36. The number of ether oxygens (including phenoxy) is 1. The summed E-state index contributed by atoms with van der Waals surface area (Å²) in [5.41, 5.74) is 0.454. The molecule has 0 radical (unpaired) electrons. The third kappa shape index (κ3) is 4.28. The summed E-state index contributed by atoms with van der Waals surface area (Å²) in [7, 11) is 0. The van der Waals surface area contributed by atoms with E-state index in [4.69, 9.17) is 9.84 Å². The highest BCUT2D eigenvalue weighted by atomic mass is 16.5. The Bertz CT molecular complexity index is 388. The van der Waals surface area contributed by atoms with E-state index in [0.29, 0.717) is 17.9 Å². The van der Waals surface area contributed by atoms with Crippen LogP contribution in [0.2, 0.25) is 0 Å². The molecule has 0 fully saturated rings. The Kier molecular flexibility index (Phi) is 5.23. The Balaban J connectivity index is 2.74. The van der Waals surface area contributed by atoms with Gasteiger partial charge in [0, 0.05) is 6.54 Å². The number of hydrogen-bond acceptors (Lipinski definition) is 3. The SMILES string of the molecule is C=CCOc1ccccc1C(=O)NC[C@H](C)O. The van der Waals surface area contributed by atoms with Crippen LogP contribution < -0.4 is 10.1 Å². The molecule has 0 unspecified atom stereocenters. The maximum Gasteiger partial charge on any atom is 0.255 e. The number of amides is 1. The lowest BCUT2D eigenvalue weighted by molar-refractivity contribution is 0.0920. The zero-order valence-electron chi connectivity index (χ0n) is 9.85. The molecule has 0 aliphatic carbocycles. The first-order chi connectivity index (χ1) is 8.15. The summed E-state index contributed by atoms with van der Waals surface area (Å²) in [6.45, 7) is 5.73. The fraction of sp³-hybridized carbons (Fsp3) is 0.308. The largest absolute Gasteiger partial charge is 0.489 e. The monoisotopic (exact) mass is 235 g/mol. The second-order valence-electron chi connectivity index (χ2n) is 3.65. The number of aliphatic hydroxyl groups is 1. The Morgan fingerprint density at radius 1 is 1.59 bits per heavy atom. The summed E-state index contributed by atoms with van der Waals surface area (Å²) < 4.78 is 5.37. The zero-order valence-corrected chi connectivity index (χ0v) is 9.85. The number of carbonyl (C=O) groups is 1. The second-order valence-corrected chi connectivity index (χ2v) is 3.65.